The maximum absolute atomic E-state index is 13.0. The van der Waals surface area contributed by atoms with Gasteiger partial charge in [0.1, 0.15) is 0 Å². The minimum absolute atomic E-state index is 0.150. The zero-order valence-electron chi connectivity index (χ0n) is 13.1. The Labute approximate surface area is 137 Å². The van der Waals surface area contributed by atoms with E-state index in [9.17, 15) is 23.1 Å². The van der Waals surface area contributed by atoms with Crippen LogP contribution in [0, 0.1) is 11.3 Å². The first kappa shape index (κ1) is 18.2. The number of hydrogen-bond donors (Lipinski definition) is 2. The Morgan fingerprint density at radius 1 is 1.50 bits per heavy atom. The van der Waals surface area contributed by atoms with E-state index in [0.717, 1.165) is 0 Å². The lowest BCUT2D eigenvalue weighted by atomic mass is 9.91. The number of nitriles is 1. The van der Waals surface area contributed by atoms with Crippen molar-refractivity contribution in [3.8, 4) is 6.07 Å². The third kappa shape index (κ3) is 3.86. The normalized spacial score (nSPS) is 23.3. The number of piperidine rings is 1. The van der Waals surface area contributed by atoms with Gasteiger partial charge < -0.3 is 10.4 Å². The third-order valence-electron chi connectivity index (χ3n) is 4.21. The van der Waals surface area contributed by atoms with Crippen LogP contribution in [0.2, 0.25) is 0 Å². The Hall–Kier alpha value is -2.11. The zero-order chi connectivity index (χ0) is 18.0. The van der Waals surface area contributed by atoms with Gasteiger partial charge in [0.2, 0.25) is 5.91 Å². The number of carbonyl (C=O) groups excluding carboxylic acids is 1. The van der Waals surface area contributed by atoms with Gasteiger partial charge in [-0.1, -0.05) is 6.07 Å². The molecule has 0 unspecified atom stereocenters. The first-order valence-corrected chi connectivity index (χ1v) is 7.50. The van der Waals surface area contributed by atoms with Crippen LogP contribution < -0.4 is 5.32 Å². The Balaban J connectivity index is 2.06. The summed E-state index contributed by atoms with van der Waals surface area (Å²) in [4.78, 5) is 13.6. The lowest BCUT2D eigenvalue weighted by Gasteiger charge is -2.42. The van der Waals surface area contributed by atoms with Crippen LogP contribution in [0.4, 0.5) is 18.9 Å². The highest BCUT2D eigenvalue weighted by molar-refractivity contribution is 5.94. The van der Waals surface area contributed by atoms with Crippen molar-refractivity contribution in [2.24, 2.45) is 0 Å². The van der Waals surface area contributed by atoms with E-state index in [4.69, 9.17) is 5.26 Å². The summed E-state index contributed by atoms with van der Waals surface area (Å²) < 4.78 is 39.0. The predicted molar refractivity (Wildman–Crippen MR) is 81.1 cm³/mol. The van der Waals surface area contributed by atoms with Crippen molar-refractivity contribution in [1.29, 1.82) is 5.26 Å². The number of nitrogens with zero attached hydrogens (tertiary/aromatic N) is 2. The molecule has 5 nitrogen and oxygen atoms in total. The van der Waals surface area contributed by atoms with E-state index in [1.54, 1.807) is 18.2 Å². The molecule has 1 aliphatic heterocycles. The van der Waals surface area contributed by atoms with Gasteiger partial charge in [-0.05, 0) is 44.5 Å². The SMILES string of the molecule is C[C@H](C(=O)Nc1cccc(C#N)c1)N1CCC[C@](O)(C(F)(F)F)C1. The van der Waals surface area contributed by atoms with Crippen LogP contribution in [0.1, 0.15) is 25.3 Å². The van der Waals surface area contributed by atoms with Gasteiger partial charge in [-0.25, -0.2) is 0 Å². The Morgan fingerprint density at radius 3 is 2.83 bits per heavy atom. The van der Waals surface area contributed by atoms with E-state index in [2.05, 4.69) is 5.32 Å². The van der Waals surface area contributed by atoms with Crippen molar-refractivity contribution in [2.75, 3.05) is 18.4 Å². The predicted octanol–water partition coefficient (Wildman–Crippen LogP) is 2.27. The molecule has 0 bridgehead atoms. The fourth-order valence-corrected chi connectivity index (χ4v) is 2.71. The highest BCUT2D eigenvalue weighted by atomic mass is 19.4. The summed E-state index contributed by atoms with van der Waals surface area (Å²) in [5, 5.41) is 21.3. The average molecular weight is 341 g/mol. The third-order valence-corrected chi connectivity index (χ3v) is 4.21. The molecular weight excluding hydrogens is 323 g/mol. The average Bonchev–Trinajstić information content (AvgIpc) is 2.53. The topological polar surface area (TPSA) is 76.4 Å². The van der Waals surface area contributed by atoms with Gasteiger partial charge in [0.25, 0.3) is 0 Å². The lowest BCUT2D eigenvalue weighted by molar-refractivity contribution is -0.275. The van der Waals surface area contributed by atoms with E-state index in [1.165, 1.54) is 17.9 Å². The maximum Gasteiger partial charge on any atom is 0.418 e. The van der Waals surface area contributed by atoms with Gasteiger partial charge in [0, 0.05) is 12.2 Å². The quantitative estimate of drug-likeness (QED) is 0.884. The van der Waals surface area contributed by atoms with Crippen LogP contribution in [-0.2, 0) is 4.79 Å². The van der Waals surface area contributed by atoms with Crippen molar-refractivity contribution in [3.05, 3.63) is 29.8 Å². The Bertz CT molecular complexity index is 657. The first-order valence-electron chi connectivity index (χ1n) is 7.50. The monoisotopic (exact) mass is 341 g/mol. The summed E-state index contributed by atoms with van der Waals surface area (Å²) >= 11 is 0. The number of carbonyl (C=O) groups is 1. The highest BCUT2D eigenvalue weighted by Crippen LogP contribution is 2.37. The molecule has 0 aliphatic carbocycles. The highest BCUT2D eigenvalue weighted by Gasteiger charge is 2.55. The molecule has 24 heavy (non-hydrogen) atoms. The molecule has 2 atom stereocenters. The molecule has 1 amide bonds. The standard InChI is InChI=1S/C16H18F3N3O2/c1-11(14(23)21-13-5-2-4-12(8-13)9-20)22-7-3-6-15(24,10-22)16(17,18)19/h2,4-5,8,11,24H,3,6-7,10H2,1H3,(H,21,23)/t11-,15-/m1/s1. The van der Waals surface area contributed by atoms with E-state index in [-0.39, 0.29) is 12.8 Å². The summed E-state index contributed by atoms with van der Waals surface area (Å²) in [6.45, 7) is 1.15. The van der Waals surface area contributed by atoms with Crippen LogP contribution in [0.25, 0.3) is 0 Å². The minimum atomic E-state index is -4.73. The van der Waals surface area contributed by atoms with Gasteiger partial charge in [0.15, 0.2) is 5.60 Å². The summed E-state index contributed by atoms with van der Waals surface area (Å²) in [6.07, 6.45) is -4.95. The molecule has 0 spiro atoms. The number of rotatable bonds is 3. The van der Waals surface area contributed by atoms with Crippen LogP contribution in [0.15, 0.2) is 24.3 Å². The fourth-order valence-electron chi connectivity index (χ4n) is 2.71. The molecule has 1 aliphatic rings. The van der Waals surface area contributed by atoms with Gasteiger partial charge in [-0.15, -0.1) is 0 Å². The number of amides is 1. The van der Waals surface area contributed by atoms with Gasteiger partial charge in [-0.2, -0.15) is 18.4 Å². The second-order valence-electron chi connectivity index (χ2n) is 5.96. The van der Waals surface area contributed by atoms with Gasteiger partial charge >= 0.3 is 6.18 Å². The van der Waals surface area contributed by atoms with Crippen molar-refractivity contribution in [2.45, 2.75) is 37.6 Å². The van der Waals surface area contributed by atoms with E-state index < -0.39 is 30.3 Å². The van der Waals surface area contributed by atoms with Crippen LogP contribution in [0.3, 0.4) is 0 Å². The fraction of sp³-hybridized carbons (Fsp3) is 0.500. The molecule has 1 saturated heterocycles. The summed E-state index contributed by atoms with van der Waals surface area (Å²) in [7, 11) is 0. The molecule has 1 aromatic carbocycles. The van der Waals surface area contributed by atoms with Crippen LogP contribution in [-0.4, -0.2) is 46.8 Å². The summed E-state index contributed by atoms with van der Waals surface area (Å²) in [6, 6.07) is 7.34. The smallest absolute Gasteiger partial charge is 0.379 e. The molecule has 0 saturated carbocycles. The maximum atomic E-state index is 13.0. The molecule has 1 aromatic rings. The number of likely N-dealkylation sites (tertiary alicyclic amines) is 1. The van der Waals surface area contributed by atoms with Crippen LogP contribution >= 0.6 is 0 Å². The van der Waals surface area contributed by atoms with E-state index in [1.807, 2.05) is 6.07 Å². The Kier molecular flexibility index (Phi) is 5.16. The lowest BCUT2D eigenvalue weighted by Crippen LogP contribution is -2.60. The molecule has 8 heteroatoms. The number of β-amino-alcohol motifs (C(OH)–C–C–N with tert-alkyl or cyclic N) is 1. The molecule has 0 radical (unpaired) electrons. The molecule has 2 N–H and O–H groups in total. The number of alkyl halides is 3. The second kappa shape index (κ2) is 6.79. The Morgan fingerprint density at radius 2 is 2.21 bits per heavy atom. The van der Waals surface area contributed by atoms with Crippen molar-refractivity contribution < 1.29 is 23.1 Å². The first-order chi connectivity index (χ1) is 11.2. The van der Waals surface area contributed by atoms with Gasteiger partial charge in [-0.3, -0.25) is 9.69 Å². The number of benzene rings is 1. The van der Waals surface area contributed by atoms with Crippen molar-refractivity contribution in [3.63, 3.8) is 0 Å². The number of hydrogen-bond acceptors (Lipinski definition) is 4. The minimum Gasteiger partial charge on any atom is -0.379 e. The number of halogens is 3. The summed E-state index contributed by atoms with van der Waals surface area (Å²) in [5.74, 6) is -0.489. The molecule has 1 fully saturated rings. The summed E-state index contributed by atoms with van der Waals surface area (Å²) in [5.41, 5.74) is -2.03. The number of nitrogens with one attached hydrogen (secondary N) is 1. The van der Waals surface area contributed by atoms with E-state index >= 15 is 0 Å². The van der Waals surface area contributed by atoms with Gasteiger partial charge in [0.05, 0.1) is 17.7 Å². The molecule has 2 rings (SSSR count). The number of aliphatic hydroxyl groups is 1. The second-order valence-corrected chi connectivity index (χ2v) is 5.96. The van der Waals surface area contributed by atoms with Crippen LogP contribution in [0.5, 0.6) is 0 Å². The van der Waals surface area contributed by atoms with Crippen molar-refractivity contribution >= 4 is 11.6 Å². The largest absolute Gasteiger partial charge is 0.418 e. The molecule has 130 valence electrons. The molecule has 1 heterocycles. The zero-order valence-corrected chi connectivity index (χ0v) is 13.1. The van der Waals surface area contributed by atoms with Crippen molar-refractivity contribution in [1.82, 2.24) is 4.90 Å². The van der Waals surface area contributed by atoms with E-state index in [0.29, 0.717) is 17.8 Å². The molecule has 0 aromatic heterocycles. The number of anilines is 1. The molecular formula is C16H18F3N3O2.